The van der Waals surface area contributed by atoms with Gasteiger partial charge in [-0.2, -0.15) is 0 Å². The summed E-state index contributed by atoms with van der Waals surface area (Å²) >= 11 is 0. The third-order valence-corrected chi connectivity index (χ3v) is 2.96. The number of rotatable bonds is 3. The molecule has 0 aliphatic carbocycles. The van der Waals surface area contributed by atoms with Gasteiger partial charge < -0.3 is 0 Å². The molecule has 1 aromatic heterocycles. The van der Waals surface area contributed by atoms with Crippen LogP contribution in [-0.2, 0) is 6.42 Å². The van der Waals surface area contributed by atoms with Crippen molar-refractivity contribution in [3.63, 3.8) is 0 Å². The molecule has 1 heterocycles. The first-order chi connectivity index (χ1) is 9.34. The quantitative estimate of drug-likeness (QED) is 0.724. The van der Waals surface area contributed by atoms with E-state index in [4.69, 9.17) is 4.52 Å². The molecule has 0 aliphatic rings. The first-order valence-electron chi connectivity index (χ1n) is 6.06. The molecule has 3 rings (SSSR count). The second kappa shape index (κ2) is 4.94. The zero-order chi connectivity index (χ0) is 13.1. The van der Waals surface area contributed by atoms with Crippen LogP contribution in [0.4, 0.5) is 0 Å². The highest BCUT2D eigenvalue weighted by molar-refractivity contribution is 5.23. The van der Waals surface area contributed by atoms with Gasteiger partial charge in [0.1, 0.15) is 0 Å². The molecule has 0 fully saturated rings. The molecule has 0 atom stereocenters. The van der Waals surface area contributed by atoms with Crippen molar-refractivity contribution < 1.29 is 9.20 Å². The third kappa shape index (κ3) is 2.33. The Kier molecular flexibility index (Phi) is 2.98. The Morgan fingerprint density at radius 1 is 0.947 bits per heavy atom. The monoisotopic (exact) mass is 253 g/mol. The van der Waals surface area contributed by atoms with Gasteiger partial charge in [0.15, 0.2) is 0 Å². The first kappa shape index (κ1) is 11.5. The molecule has 0 spiro atoms. The summed E-state index contributed by atoms with van der Waals surface area (Å²) in [5, 5.41) is 2.64. The van der Waals surface area contributed by atoms with Gasteiger partial charge in [-0.1, -0.05) is 48.5 Å². The normalized spacial score (nSPS) is 10.5. The fourth-order valence-electron chi connectivity index (χ4n) is 2.02. The molecule has 94 valence electrons. The highest BCUT2D eigenvalue weighted by Crippen LogP contribution is 2.05. The number of aromatic nitrogens is 2. The Morgan fingerprint density at radius 3 is 2.26 bits per heavy atom. The van der Waals surface area contributed by atoms with Crippen molar-refractivity contribution in [2.24, 2.45) is 0 Å². The minimum Gasteiger partial charge on any atom is -0.283 e. The SMILES string of the molecule is O=c1o[nH][n+](-c2ccccc2)c1Cc1ccccc1. The number of nitrogens with zero attached hydrogens (tertiary/aromatic N) is 1. The second-order valence-corrected chi connectivity index (χ2v) is 4.26. The van der Waals surface area contributed by atoms with E-state index in [1.807, 2.05) is 60.7 Å². The van der Waals surface area contributed by atoms with Gasteiger partial charge in [-0.15, -0.1) is 0 Å². The average molecular weight is 253 g/mol. The van der Waals surface area contributed by atoms with E-state index < -0.39 is 0 Å². The Labute approximate surface area is 109 Å². The standard InChI is InChI=1S/C15H12N2O2/c18-15-14(11-12-7-3-1-4-8-12)17(16-19-15)13-9-5-2-6-10-13/h1-10H,11H2/p+1. The molecule has 2 aromatic carbocycles. The van der Waals surface area contributed by atoms with Crippen LogP contribution in [0.15, 0.2) is 70.0 Å². The third-order valence-electron chi connectivity index (χ3n) is 2.96. The van der Waals surface area contributed by atoms with Gasteiger partial charge >= 0.3 is 11.3 Å². The fraction of sp³-hybridized carbons (Fsp3) is 0.0667. The predicted octanol–water partition coefficient (Wildman–Crippen LogP) is 1.84. The number of nitrogens with one attached hydrogen (secondary N) is 1. The van der Waals surface area contributed by atoms with Crippen molar-refractivity contribution in [1.29, 1.82) is 0 Å². The van der Waals surface area contributed by atoms with Crippen LogP contribution in [0, 0.1) is 0 Å². The molecule has 0 amide bonds. The molecule has 4 nitrogen and oxygen atoms in total. The van der Waals surface area contributed by atoms with Gasteiger partial charge in [0.05, 0.1) is 6.42 Å². The summed E-state index contributed by atoms with van der Waals surface area (Å²) in [5.74, 6) is 0. The van der Waals surface area contributed by atoms with Crippen LogP contribution in [0.5, 0.6) is 0 Å². The summed E-state index contributed by atoms with van der Waals surface area (Å²) in [4.78, 5) is 11.8. The van der Waals surface area contributed by atoms with E-state index in [0.717, 1.165) is 11.3 Å². The van der Waals surface area contributed by atoms with Crippen molar-refractivity contribution in [3.05, 3.63) is 82.3 Å². The van der Waals surface area contributed by atoms with E-state index in [0.29, 0.717) is 12.1 Å². The van der Waals surface area contributed by atoms with Crippen LogP contribution in [0.1, 0.15) is 11.3 Å². The van der Waals surface area contributed by atoms with Gasteiger partial charge in [-0.25, -0.2) is 4.79 Å². The number of H-pyrrole nitrogens is 1. The van der Waals surface area contributed by atoms with Crippen LogP contribution in [-0.4, -0.2) is 5.27 Å². The summed E-state index contributed by atoms with van der Waals surface area (Å²) < 4.78 is 6.58. The van der Waals surface area contributed by atoms with Crippen molar-refractivity contribution in [3.8, 4) is 5.69 Å². The fourth-order valence-corrected chi connectivity index (χ4v) is 2.02. The molecule has 3 aromatic rings. The van der Waals surface area contributed by atoms with Gasteiger partial charge in [-0.05, 0) is 15.5 Å². The Morgan fingerprint density at radius 2 is 1.58 bits per heavy atom. The maximum absolute atomic E-state index is 11.8. The summed E-state index contributed by atoms with van der Waals surface area (Å²) in [5.41, 5.74) is 2.18. The Balaban J connectivity index is 2.03. The minimum atomic E-state index is -0.340. The number of hydrogen-bond donors (Lipinski definition) is 1. The van der Waals surface area contributed by atoms with E-state index in [1.165, 1.54) is 0 Å². The van der Waals surface area contributed by atoms with E-state index in [9.17, 15) is 4.79 Å². The lowest BCUT2D eigenvalue weighted by Crippen LogP contribution is -2.38. The Hall–Kier alpha value is -2.62. The zero-order valence-electron chi connectivity index (χ0n) is 10.2. The zero-order valence-corrected chi connectivity index (χ0v) is 10.2. The van der Waals surface area contributed by atoms with Crippen molar-refractivity contribution in [1.82, 2.24) is 5.27 Å². The molecule has 0 saturated heterocycles. The summed E-state index contributed by atoms with van der Waals surface area (Å²) in [6, 6.07) is 19.4. The van der Waals surface area contributed by atoms with Gasteiger partial charge in [0, 0.05) is 12.1 Å². The van der Waals surface area contributed by atoms with Crippen molar-refractivity contribution in [2.75, 3.05) is 0 Å². The van der Waals surface area contributed by atoms with Crippen LogP contribution in [0.25, 0.3) is 5.69 Å². The predicted molar refractivity (Wildman–Crippen MR) is 70.1 cm³/mol. The van der Waals surface area contributed by atoms with Gasteiger partial charge in [0.2, 0.25) is 5.69 Å². The average Bonchev–Trinajstić information content (AvgIpc) is 2.82. The summed E-state index contributed by atoms with van der Waals surface area (Å²) in [6.07, 6.45) is 0.529. The lowest BCUT2D eigenvalue weighted by atomic mass is 10.1. The number of hydrogen-bond acceptors (Lipinski definition) is 2. The first-order valence-corrected chi connectivity index (χ1v) is 6.06. The van der Waals surface area contributed by atoms with Crippen molar-refractivity contribution >= 4 is 0 Å². The molecule has 0 bridgehead atoms. The largest absolute Gasteiger partial charge is 0.430 e. The minimum absolute atomic E-state index is 0.340. The maximum atomic E-state index is 11.8. The van der Waals surface area contributed by atoms with Gasteiger partial charge in [-0.3, -0.25) is 4.52 Å². The van der Waals surface area contributed by atoms with E-state index in [2.05, 4.69) is 5.27 Å². The second-order valence-electron chi connectivity index (χ2n) is 4.26. The number of aromatic amines is 1. The molecule has 0 saturated carbocycles. The molecule has 0 unspecified atom stereocenters. The van der Waals surface area contributed by atoms with Gasteiger partial charge in [0.25, 0.3) is 0 Å². The molecule has 0 aliphatic heterocycles. The molecule has 19 heavy (non-hydrogen) atoms. The topological polar surface area (TPSA) is 49.9 Å². The van der Waals surface area contributed by atoms with Crippen LogP contribution in [0.2, 0.25) is 0 Å². The van der Waals surface area contributed by atoms with Crippen LogP contribution < -0.4 is 10.3 Å². The Bertz CT molecular complexity index is 715. The van der Waals surface area contributed by atoms with E-state index in [-0.39, 0.29) is 5.63 Å². The lowest BCUT2D eigenvalue weighted by molar-refractivity contribution is -0.677. The van der Waals surface area contributed by atoms with Crippen molar-refractivity contribution in [2.45, 2.75) is 6.42 Å². The van der Waals surface area contributed by atoms with Crippen LogP contribution in [0.3, 0.4) is 0 Å². The maximum Gasteiger partial charge on any atom is 0.430 e. The molecule has 1 N–H and O–H groups in total. The smallest absolute Gasteiger partial charge is 0.283 e. The molecular weight excluding hydrogens is 240 g/mol. The summed E-state index contributed by atoms with van der Waals surface area (Å²) in [7, 11) is 0. The summed E-state index contributed by atoms with van der Waals surface area (Å²) in [6.45, 7) is 0. The van der Waals surface area contributed by atoms with E-state index >= 15 is 0 Å². The number of benzene rings is 2. The number of para-hydroxylation sites is 1. The molecule has 0 radical (unpaired) electrons. The highest BCUT2D eigenvalue weighted by Gasteiger charge is 2.22. The molecule has 4 heteroatoms. The van der Waals surface area contributed by atoms with Crippen LogP contribution >= 0.6 is 0 Å². The lowest BCUT2D eigenvalue weighted by Gasteiger charge is -1.95. The van der Waals surface area contributed by atoms with E-state index in [1.54, 1.807) is 4.68 Å². The molecular formula is C15H13N2O2+. The highest BCUT2D eigenvalue weighted by atomic mass is 16.5.